The van der Waals surface area contributed by atoms with Gasteiger partial charge in [-0.15, -0.1) is 0 Å². The zero-order valence-corrected chi connectivity index (χ0v) is 19.8. The zero-order valence-electron chi connectivity index (χ0n) is 18.9. The molecule has 0 bridgehead atoms. The van der Waals surface area contributed by atoms with E-state index in [1.807, 2.05) is 6.07 Å². The molecule has 0 unspecified atom stereocenters. The minimum Gasteiger partial charge on any atom is -0.453 e. The summed E-state index contributed by atoms with van der Waals surface area (Å²) in [7, 11) is 1.41. The molecule has 1 heterocycles. The number of carbonyl (C=O) groups excluding carboxylic acids is 3. The molecule has 8 heteroatoms. The number of hydrogen-bond donors (Lipinski definition) is 0. The first-order chi connectivity index (χ1) is 17.1. The van der Waals surface area contributed by atoms with Gasteiger partial charge in [-0.05, 0) is 24.3 Å². The van der Waals surface area contributed by atoms with E-state index in [9.17, 15) is 14.4 Å². The zero-order chi connectivity index (χ0) is 24.6. The number of benzene rings is 3. The lowest BCUT2D eigenvalue weighted by atomic mass is 10.1. The summed E-state index contributed by atoms with van der Waals surface area (Å²) < 4.78 is 22.8. The fraction of sp³-hybridized carbons (Fsp3) is 0.222. The van der Waals surface area contributed by atoms with Crippen LogP contribution in [-0.2, 0) is 18.9 Å². The third kappa shape index (κ3) is 6.16. The maximum Gasteiger partial charge on any atom is 0.338 e. The van der Waals surface area contributed by atoms with Crippen LogP contribution in [-0.4, -0.2) is 54.5 Å². The highest BCUT2D eigenvalue weighted by atomic mass is 32.2. The van der Waals surface area contributed by atoms with Gasteiger partial charge in [0.2, 0.25) is 5.12 Å². The second-order valence-electron chi connectivity index (χ2n) is 7.72. The molecular formula is C27H24O7S. The highest BCUT2D eigenvalue weighted by molar-refractivity contribution is 8.14. The van der Waals surface area contributed by atoms with E-state index >= 15 is 0 Å². The molecule has 3 aromatic rings. The fourth-order valence-corrected chi connectivity index (χ4v) is 4.66. The van der Waals surface area contributed by atoms with Crippen molar-refractivity contribution < 1.29 is 33.3 Å². The van der Waals surface area contributed by atoms with Crippen LogP contribution in [0.15, 0.2) is 91.0 Å². The summed E-state index contributed by atoms with van der Waals surface area (Å²) in [6.07, 6.45) is -3.10. The van der Waals surface area contributed by atoms with E-state index in [0.717, 1.165) is 11.8 Å². The number of esters is 2. The summed E-state index contributed by atoms with van der Waals surface area (Å²) in [5, 5.41) is -0.862. The smallest absolute Gasteiger partial charge is 0.338 e. The number of rotatable bonds is 7. The molecule has 0 aromatic heterocycles. The lowest BCUT2D eigenvalue weighted by molar-refractivity contribution is -0.229. The summed E-state index contributed by atoms with van der Waals surface area (Å²) in [4.78, 5) is 38.8. The Labute approximate surface area is 207 Å². The summed E-state index contributed by atoms with van der Waals surface area (Å²) >= 11 is 0.970. The van der Waals surface area contributed by atoms with Crippen LogP contribution in [0.1, 0.15) is 31.1 Å². The normalized spacial score (nSPS) is 21.6. The Bertz CT molecular complexity index is 1140. The van der Waals surface area contributed by atoms with E-state index in [-0.39, 0.29) is 11.7 Å². The van der Waals surface area contributed by atoms with Gasteiger partial charge < -0.3 is 18.9 Å². The summed E-state index contributed by atoms with van der Waals surface area (Å²) in [6.45, 7) is 0.0495. The van der Waals surface area contributed by atoms with Gasteiger partial charge in [-0.25, -0.2) is 9.59 Å². The van der Waals surface area contributed by atoms with Crippen molar-refractivity contribution in [3.05, 3.63) is 108 Å². The number of thioether (sulfide) groups is 1. The molecule has 35 heavy (non-hydrogen) atoms. The highest BCUT2D eigenvalue weighted by Crippen LogP contribution is 2.32. The average Bonchev–Trinajstić information content (AvgIpc) is 2.91. The third-order valence-electron chi connectivity index (χ3n) is 5.39. The molecule has 4 atom stereocenters. The van der Waals surface area contributed by atoms with Gasteiger partial charge in [0.05, 0.1) is 23.0 Å². The van der Waals surface area contributed by atoms with Crippen molar-refractivity contribution >= 4 is 28.8 Å². The standard InChI is InChI=1S/C27H24O7S/c1-31-27-23(34-25(29)19-13-7-3-8-14-19)22(33-24(28)18-11-5-2-6-12-18)21(17-32-27)35-26(30)20-15-9-4-10-16-20/h2-16,21-23,27H,17H2,1H3/t21-,22+,23-,27+/m1/s1. The van der Waals surface area contributed by atoms with Crippen molar-refractivity contribution in [2.24, 2.45) is 0 Å². The molecule has 4 rings (SSSR count). The quantitative estimate of drug-likeness (QED) is 0.449. The molecule has 0 radical (unpaired) electrons. The van der Waals surface area contributed by atoms with Gasteiger partial charge in [-0.2, -0.15) is 0 Å². The molecule has 7 nitrogen and oxygen atoms in total. The van der Waals surface area contributed by atoms with Crippen LogP contribution in [0, 0.1) is 0 Å². The van der Waals surface area contributed by atoms with E-state index < -0.39 is 35.7 Å². The lowest BCUT2D eigenvalue weighted by Gasteiger charge is -2.40. The van der Waals surface area contributed by atoms with Crippen molar-refractivity contribution in [1.82, 2.24) is 0 Å². The van der Waals surface area contributed by atoms with Gasteiger partial charge in [0.15, 0.2) is 18.5 Å². The van der Waals surface area contributed by atoms with Crippen molar-refractivity contribution in [2.45, 2.75) is 23.7 Å². The first-order valence-corrected chi connectivity index (χ1v) is 11.9. The average molecular weight is 493 g/mol. The van der Waals surface area contributed by atoms with E-state index in [1.165, 1.54) is 7.11 Å². The summed E-state index contributed by atoms with van der Waals surface area (Å²) in [5.74, 6) is -1.23. The van der Waals surface area contributed by atoms with Crippen LogP contribution < -0.4 is 0 Å². The first kappa shape index (κ1) is 24.7. The molecule has 1 aliphatic rings. The third-order valence-corrected chi connectivity index (χ3v) is 6.55. The number of methoxy groups -OCH3 is 1. The molecule has 0 N–H and O–H groups in total. The van der Waals surface area contributed by atoms with Crippen LogP contribution in [0.2, 0.25) is 0 Å². The Morgan fingerprint density at radius 1 is 0.714 bits per heavy atom. The van der Waals surface area contributed by atoms with Gasteiger partial charge in [-0.3, -0.25) is 4.79 Å². The molecule has 180 valence electrons. The molecule has 1 fully saturated rings. The van der Waals surface area contributed by atoms with E-state index in [0.29, 0.717) is 16.7 Å². The Balaban J connectivity index is 1.62. The van der Waals surface area contributed by atoms with Gasteiger partial charge in [-0.1, -0.05) is 78.5 Å². The SMILES string of the molecule is CO[C@H]1OC[C@@H](SC(=O)c2ccccc2)[C@H](OC(=O)c2ccccc2)[C@H]1OC(=O)c1ccccc1. The van der Waals surface area contributed by atoms with Crippen molar-refractivity contribution in [3.63, 3.8) is 0 Å². The molecule has 0 saturated carbocycles. The van der Waals surface area contributed by atoms with Gasteiger partial charge in [0.25, 0.3) is 0 Å². The number of ether oxygens (including phenoxy) is 4. The van der Waals surface area contributed by atoms with Gasteiger partial charge in [0, 0.05) is 12.7 Å². The van der Waals surface area contributed by atoms with Gasteiger partial charge in [0.1, 0.15) is 0 Å². The number of hydrogen-bond acceptors (Lipinski definition) is 8. The van der Waals surface area contributed by atoms with Crippen LogP contribution in [0.25, 0.3) is 0 Å². The van der Waals surface area contributed by atoms with Crippen LogP contribution in [0.4, 0.5) is 0 Å². The molecular weight excluding hydrogens is 468 g/mol. The largest absolute Gasteiger partial charge is 0.453 e. The summed E-state index contributed by atoms with van der Waals surface area (Å²) in [6, 6.07) is 25.7. The Morgan fingerprint density at radius 3 is 1.66 bits per heavy atom. The van der Waals surface area contributed by atoms with Crippen LogP contribution in [0.5, 0.6) is 0 Å². The van der Waals surface area contributed by atoms with E-state index in [4.69, 9.17) is 18.9 Å². The van der Waals surface area contributed by atoms with Crippen molar-refractivity contribution in [1.29, 1.82) is 0 Å². The predicted octanol–water partition coefficient (Wildman–Crippen LogP) is 4.38. The Hall–Kier alpha value is -3.46. The van der Waals surface area contributed by atoms with Gasteiger partial charge >= 0.3 is 11.9 Å². The molecule has 0 amide bonds. The lowest BCUT2D eigenvalue weighted by Crippen LogP contribution is -2.56. The minimum absolute atomic E-state index is 0.0495. The fourth-order valence-electron chi connectivity index (χ4n) is 3.63. The first-order valence-electron chi connectivity index (χ1n) is 11.0. The monoisotopic (exact) mass is 492 g/mol. The highest BCUT2D eigenvalue weighted by Gasteiger charge is 2.47. The predicted molar refractivity (Wildman–Crippen MR) is 130 cm³/mol. The van der Waals surface area contributed by atoms with E-state index in [1.54, 1.807) is 84.9 Å². The van der Waals surface area contributed by atoms with Crippen LogP contribution >= 0.6 is 11.8 Å². The Kier molecular flexibility index (Phi) is 8.31. The Morgan fingerprint density at radius 2 is 1.17 bits per heavy atom. The van der Waals surface area contributed by atoms with Crippen molar-refractivity contribution in [3.8, 4) is 0 Å². The maximum atomic E-state index is 13.0. The molecule has 1 saturated heterocycles. The summed E-state index contributed by atoms with van der Waals surface area (Å²) in [5.41, 5.74) is 1.15. The topological polar surface area (TPSA) is 88.1 Å². The molecule has 0 aliphatic carbocycles. The molecule has 1 aliphatic heterocycles. The second kappa shape index (κ2) is 11.8. The van der Waals surface area contributed by atoms with E-state index in [2.05, 4.69) is 0 Å². The van der Waals surface area contributed by atoms with Crippen molar-refractivity contribution in [2.75, 3.05) is 13.7 Å². The number of carbonyl (C=O) groups is 3. The minimum atomic E-state index is -1.10. The second-order valence-corrected chi connectivity index (χ2v) is 8.93. The maximum absolute atomic E-state index is 13.0. The van der Waals surface area contributed by atoms with Crippen LogP contribution in [0.3, 0.4) is 0 Å². The molecule has 3 aromatic carbocycles. The molecule has 0 spiro atoms.